The third-order valence-electron chi connectivity index (χ3n) is 4.46. The number of nitrogens with zero attached hydrogens (tertiary/aromatic N) is 4. The highest BCUT2D eigenvalue weighted by Crippen LogP contribution is 2.37. The molecule has 0 radical (unpaired) electrons. The zero-order valence-electron chi connectivity index (χ0n) is 14.6. The minimum Gasteiger partial charge on any atom is -0.389 e. The van der Waals surface area contributed by atoms with Crippen LogP contribution in [-0.2, 0) is 13.5 Å². The first-order valence-electron chi connectivity index (χ1n) is 8.36. The number of fused-ring (bicyclic) bond motifs is 1. The molecule has 0 aliphatic carbocycles. The van der Waals surface area contributed by atoms with E-state index in [9.17, 15) is 14.7 Å². The molecule has 1 fully saturated rings. The third kappa shape index (κ3) is 3.19. The lowest BCUT2D eigenvalue weighted by molar-refractivity contribution is 0.141. The number of nitrogens with one attached hydrogen (secondary N) is 2. The molecule has 0 spiro atoms. The van der Waals surface area contributed by atoms with E-state index in [0.29, 0.717) is 34.7 Å². The molecule has 4 heterocycles. The van der Waals surface area contributed by atoms with Gasteiger partial charge >= 0.3 is 5.69 Å². The van der Waals surface area contributed by atoms with Gasteiger partial charge in [-0.1, -0.05) is 6.92 Å². The number of halogens is 1. The third-order valence-corrected chi connectivity index (χ3v) is 6.14. The van der Waals surface area contributed by atoms with Gasteiger partial charge in [0.05, 0.1) is 21.0 Å². The van der Waals surface area contributed by atoms with Crippen molar-refractivity contribution in [3.8, 4) is 0 Å². The maximum atomic E-state index is 11.9. The van der Waals surface area contributed by atoms with Crippen molar-refractivity contribution in [2.45, 2.75) is 29.6 Å². The Labute approximate surface area is 166 Å². The number of hydrogen-bond donors (Lipinski definition) is 3. The van der Waals surface area contributed by atoms with Gasteiger partial charge in [0, 0.05) is 31.9 Å². The molecule has 1 saturated heterocycles. The van der Waals surface area contributed by atoms with Crippen molar-refractivity contribution in [3.63, 3.8) is 0 Å². The van der Waals surface area contributed by atoms with Crippen LogP contribution in [0.1, 0.15) is 12.6 Å². The Morgan fingerprint density at radius 3 is 2.70 bits per heavy atom. The Bertz CT molecular complexity index is 1120. The molecule has 0 unspecified atom stereocenters. The normalized spacial score (nSPS) is 14.7. The molecule has 3 N–H and O–H groups in total. The zero-order chi connectivity index (χ0) is 19.3. The Balaban J connectivity index is 1.82. The molecule has 0 amide bonds. The summed E-state index contributed by atoms with van der Waals surface area (Å²) in [5.74, 6) is 0.710. The van der Waals surface area contributed by atoms with Crippen LogP contribution < -0.4 is 16.1 Å². The second kappa shape index (κ2) is 6.80. The highest BCUT2D eigenvalue weighted by atomic mass is 79.9. The van der Waals surface area contributed by atoms with Gasteiger partial charge in [-0.15, -0.1) is 0 Å². The summed E-state index contributed by atoms with van der Waals surface area (Å²) < 4.78 is 1.91. The lowest BCUT2D eigenvalue weighted by atomic mass is 10.1. The fraction of sp³-hybridized carbons (Fsp3) is 0.375. The van der Waals surface area contributed by atoms with Gasteiger partial charge in [-0.25, -0.2) is 14.8 Å². The van der Waals surface area contributed by atoms with E-state index in [2.05, 4.69) is 35.9 Å². The molecule has 1 aliphatic rings. The smallest absolute Gasteiger partial charge is 0.328 e. The lowest BCUT2D eigenvalue weighted by Gasteiger charge is -2.37. The average molecular weight is 453 g/mol. The van der Waals surface area contributed by atoms with Crippen LogP contribution in [0.4, 0.5) is 5.82 Å². The van der Waals surface area contributed by atoms with E-state index in [-0.39, 0.29) is 6.10 Å². The maximum Gasteiger partial charge on any atom is 0.328 e. The second-order valence-corrected chi connectivity index (χ2v) is 8.12. The van der Waals surface area contributed by atoms with Crippen LogP contribution in [0.5, 0.6) is 0 Å². The van der Waals surface area contributed by atoms with E-state index in [0.717, 1.165) is 38.3 Å². The molecule has 0 aromatic carbocycles. The summed E-state index contributed by atoms with van der Waals surface area (Å²) in [4.78, 5) is 40.8. The van der Waals surface area contributed by atoms with Crippen LogP contribution in [-0.4, -0.2) is 48.8 Å². The molecule has 0 saturated carbocycles. The van der Waals surface area contributed by atoms with Crippen molar-refractivity contribution in [1.82, 2.24) is 24.5 Å². The van der Waals surface area contributed by atoms with Gasteiger partial charge in [0.15, 0.2) is 5.16 Å². The van der Waals surface area contributed by atoms with Gasteiger partial charge in [-0.2, -0.15) is 0 Å². The fourth-order valence-electron chi connectivity index (χ4n) is 2.90. The Kier molecular flexibility index (Phi) is 4.60. The van der Waals surface area contributed by atoms with Gasteiger partial charge in [0.2, 0.25) is 0 Å². The summed E-state index contributed by atoms with van der Waals surface area (Å²) >= 11 is 4.73. The van der Waals surface area contributed by atoms with Gasteiger partial charge < -0.3 is 20.0 Å². The molecule has 0 atom stereocenters. The van der Waals surface area contributed by atoms with E-state index in [1.54, 1.807) is 0 Å². The van der Waals surface area contributed by atoms with Crippen molar-refractivity contribution < 1.29 is 5.11 Å². The topological polar surface area (TPSA) is 120 Å². The Morgan fingerprint density at radius 1 is 1.33 bits per heavy atom. The number of hydrogen-bond acceptors (Lipinski definition) is 7. The number of aromatic amines is 2. The number of rotatable bonds is 4. The number of anilines is 1. The Hall–Kier alpha value is -2.11. The molecule has 1 aliphatic heterocycles. The SMILES string of the molecule is CCc1[nH]c2nc(Sc3cc(=O)n(C)c(=O)[nH]3)nc(N3CC(O)C3)c2c1Br. The first kappa shape index (κ1) is 18.3. The molecular weight excluding hydrogens is 436 g/mol. The second-order valence-electron chi connectivity index (χ2n) is 6.32. The zero-order valence-corrected chi connectivity index (χ0v) is 17.0. The van der Waals surface area contributed by atoms with Gasteiger partial charge in [-0.3, -0.25) is 9.36 Å². The van der Waals surface area contributed by atoms with Crippen molar-refractivity contribution in [1.29, 1.82) is 0 Å². The number of β-amino-alcohol motifs (C(OH)–C–C–N with tert-alkyl or cyclic N) is 1. The van der Waals surface area contributed by atoms with Crippen molar-refractivity contribution in [3.05, 3.63) is 37.1 Å². The van der Waals surface area contributed by atoms with E-state index >= 15 is 0 Å². The van der Waals surface area contributed by atoms with Crippen LogP contribution in [0.15, 0.2) is 30.3 Å². The first-order chi connectivity index (χ1) is 12.9. The summed E-state index contributed by atoms with van der Waals surface area (Å²) in [7, 11) is 1.41. The van der Waals surface area contributed by atoms with Crippen molar-refractivity contribution >= 4 is 44.5 Å². The summed E-state index contributed by atoms with van der Waals surface area (Å²) in [5, 5.41) is 11.3. The molecule has 142 valence electrons. The minimum absolute atomic E-state index is 0.372. The summed E-state index contributed by atoms with van der Waals surface area (Å²) in [6.07, 6.45) is 0.423. The predicted molar refractivity (Wildman–Crippen MR) is 106 cm³/mol. The largest absolute Gasteiger partial charge is 0.389 e. The first-order valence-corrected chi connectivity index (χ1v) is 9.97. The van der Waals surface area contributed by atoms with Gasteiger partial charge in [-0.05, 0) is 34.1 Å². The molecule has 3 aromatic rings. The van der Waals surface area contributed by atoms with Crippen LogP contribution in [0.3, 0.4) is 0 Å². The van der Waals surface area contributed by atoms with Crippen LogP contribution in [0.2, 0.25) is 0 Å². The quantitative estimate of drug-likeness (QED) is 0.398. The lowest BCUT2D eigenvalue weighted by Crippen LogP contribution is -2.51. The number of aliphatic hydroxyl groups excluding tert-OH is 1. The molecule has 4 rings (SSSR count). The average Bonchev–Trinajstić information content (AvgIpc) is 2.92. The fourth-order valence-corrected chi connectivity index (χ4v) is 4.41. The highest BCUT2D eigenvalue weighted by Gasteiger charge is 2.29. The molecule has 11 heteroatoms. The molecule has 27 heavy (non-hydrogen) atoms. The number of aliphatic hydroxyl groups is 1. The van der Waals surface area contributed by atoms with Crippen molar-refractivity contribution in [2.75, 3.05) is 18.0 Å². The van der Waals surface area contributed by atoms with E-state index in [1.807, 2.05) is 11.8 Å². The molecule has 0 bridgehead atoms. The number of aromatic nitrogens is 5. The summed E-state index contributed by atoms with van der Waals surface area (Å²) in [6.45, 7) is 3.03. The van der Waals surface area contributed by atoms with Crippen LogP contribution in [0, 0.1) is 0 Å². The highest BCUT2D eigenvalue weighted by molar-refractivity contribution is 9.10. The van der Waals surface area contributed by atoms with Crippen LogP contribution >= 0.6 is 27.7 Å². The number of aryl methyl sites for hydroxylation is 1. The monoisotopic (exact) mass is 452 g/mol. The van der Waals surface area contributed by atoms with E-state index in [4.69, 9.17) is 0 Å². The minimum atomic E-state index is -0.493. The van der Waals surface area contributed by atoms with Gasteiger partial charge in [0.25, 0.3) is 5.56 Å². The Morgan fingerprint density at radius 2 is 2.07 bits per heavy atom. The van der Waals surface area contributed by atoms with Crippen molar-refractivity contribution in [2.24, 2.45) is 7.05 Å². The van der Waals surface area contributed by atoms with Gasteiger partial charge in [0.1, 0.15) is 11.5 Å². The molecule has 9 nitrogen and oxygen atoms in total. The van der Waals surface area contributed by atoms with E-state index in [1.165, 1.54) is 13.1 Å². The summed E-state index contributed by atoms with van der Waals surface area (Å²) in [5.41, 5.74) is 0.780. The standard InChI is InChI=1S/C16H17BrN6O3S/c1-3-8-12(17)11-13(18-8)20-15(21-14(11)23-5-7(24)6-23)27-9-4-10(25)22(2)16(26)19-9/h4,7,24H,3,5-6H2,1-2H3,(H,19,26)(H,18,20,21). The summed E-state index contributed by atoms with van der Waals surface area (Å²) in [6, 6.07) is 1.34. The van der Waals surface area contributed by atoms with Crippen LogP contribution in [0.25, 0.3) is 11.0 Å². The maximum absolute atomic E-state index is 11.9. The number of H-pyrrole nitrogens is 2. The molecular formula is C16H17BrN6O3S. The van der Waals surface area contributed by atoms with E-state index < -0.39 is 11.2 Å². The molecule has 3 aromatic heterocycles. The predicted octanol–water partition coefficient (Wildman–Crippen LogP) is 1.00.